The molecule has 0 aromatic heterocycles. The van der Waals surface area contributed by atoms with Crippen molar-refractivity contribution in [2.24, 2.45) is 0 Å². The first-order valence-corrected chi connectivity index (χ1v) is 7.94. The fraction of sp³-hybridized carbons (Fsp3) is 0.200. The van der Waals surface area contributed by atoms with Crippen LogP contribution in [0.2, 0.25) is 0 Å². The second kappa shape index (κ2) is 9.14. The van der Waals surface area contributed by atoms with Crippen LogP contribution >= 0.6 is 0 Å². The number of benzene rings is 2. The van der Waals surface area contributed by atoms with Crippen LogP contribution in [0.1, 0.15) is 18.1 Å². The van der Waals surface area contributed by atoms with Crippen molar-refractivity contribution in [3.63, 3.8) is 0 Å². The van der Waals surface area contributed by atoms with Gasteiger partial charge in [0.15, 0.2) is 0 Å². The fourth-order valence-electron chi connectivity index (χ4n) is 2.34. The van der Waals surface area contributed by atoms with Crippen LogP contribution in [0.25, 0.3) is 0 Å². The summed E-state index contributed by atoms with van der Waals surface area (Å²) in [6.45, 7) is 2.56. The van der Waals surface area contributed by atoms with Crippen molar-refractivity contribution in [2.75, 3.05) is 7.11 Å². The Morgan fingerprint density at radius 3 is 2.40 bits per heavy atom. The molecule has 2 aromatic carbocycles. The molecule has 5 nitrogen and oxygen atoms in total. The van der Waals surface area contributed by atoms with Crippen molar-refractivity contribution >= 4 is 5.91 Å². The number of nitrogens with zero attached hydrogens (tertiary/aromatic N) is 1. The topological polar surface area (TPSA) is 74.1 Å². The summed E-state index contributed by atoms with van der Waals surface area (Å²) in [7, 11) is 1.61. The van der Waals surface area contributed by atoms with Gasteiger partial charge in [-0.25, -0.2) is 0 Å². The Balaban J connectivity index is 2.01. The highest BCUT2D eigenvalue weighted by molar-refractivity contribution is 5.97. The number of rotatable bonds is 7. The molecule has 2 N–H and O–H groups in total. The van der Waals surface area contributed by atoms with Gasteiger partial charge >= 0.3 is 0 Å². The molecule has 0 saturated carbocycles. The standard InChI is InChI=1S/C20H21N3O2/c1-15(22-14-17-10-6-7-11-19(17)25-2)18(12-21)20(24)23-13-16-8-4-3-5-9-16/h3-11,22H,13-14H2,1-2H3,(H,23,24). The molecule has 25 heavy (non-hydrogen) atoms. The highest BCUT2D eigenvalue weighted by atomic mass is 16.5. The number of hydrogen-bond donors (Lipinski definition) is 2. The minimum absolute atomic E-state index is 0.0748. The third-order valence-electron chi connectivity index (χ3n) is 3.75. The van der Waals surface area contributed by atoms with Crippen molar-refractivity contribution in [2.45, 2.75) is 20.0 Å². The normalized spacial score (nSPS) is 11.1. The van der Waals surface area contributed by atoms with Crippen molar-refractivity contribution in [1.82, 2.24) is 10.6 Å². The zero-order valence-electron chi connectivity index (χ0n) is 14.4. The Morgan fingerprint density at radius 2 is 1.72 bits per heavy atom. The number of amides is 1. The third-order valence-corrected chi connectivity index (χ3v) is 3.75. The highest BCUT2D eigenvalue weighted by Crippen LogP contribution is 2.17. The van der Waals surface area contributed by atoms with Gasteiger partial charge in [0, 0.05) is 24.4 Å². The van der Waals surface area contributed by atoms with Crippen LogP contribution < -0.4 is 15.4 Å². The molecule has 1 amide bonds. The lowest BCUT2D eigenvalue weighted by Crippen LogP contribution is -2.27. The second-order valence-corrected chi connectivity index (χ2v) is 5.45. The molecule has 0 radical (unpaired) electrons. The van der Waals surface area contributed by atoms with Gasteiger partial charge in [-0.1, -0.05) is 48.5 Å². The summed E-state index contributed by atoms with van der Waals surface area (Å²) < 4.78 is 5.30. The molecule has 0 aliphatic heterocycles. The lowest BCUT2D eigenvalue weighted by molar-refractivity contribution is -0.117. The number of nitrogens with one attached hydrogen (secondary N) is 2. The van der Waals surface area contributed by atoms with E-state index in [1.165, 1.54) is 0 Å². The maximum atomic E-state index is 12.3. The number of hydrogen-bond acceptors (Lipinski definition) is 4. The van der Waals surface area contributed by atoms with E-state index in [1.54, 1.807) is 14.0 Å². The number of carbonyl (C=O) groups is 1. The summed E-state index contributed by atoms with van der Waals surface area (Å²) in [6, 6.07) is 19.1. The average Bonchev–Trinajstić information content (AvgIpc) is 2.66. The lowest BCUT2D eigenvalue weighted by Gasteiger charge is -2.12. The monoisotopic (exact) mass is 335 g/mol. The van der Waals surface area contributed by atoms with Gasteiger partial charge in [-0.2, -0.15) is 5.26 Å². The highest BCUT2D eigenvalue weighted by Gasteiger charge is 2.13. The summed E-state index contributed by atoms with van der Waals surface area (Å²) in [6.07, 6.45) is 0. The van der Waals surface area contributed by atoms with E-state index < -0.39 is 5.91 Å². The van der Waals surface area contributed by atoms with Crippen LogP contribution in [0.15, 0.2) is 65.9 Å². The molecule has 2 aromatic rings. The van der Waals surface area contributed by atoms with Gasteiger partial charge in [0.2, 0.25) is 0 Å². The van der Waals surface area contributed by atoms with E-state index in [0.29, 0.717) is 18.8 Å². The Bertz CT molecular complexity index is 792. The van der Waals surface area contributed by atoms with Crippen molar-refractivity contribution < 1.29 is 9.53 Å². The smallest absolute Gasteiger partial charge is 0.263 e. The van der Waals surface area contributed by atoms with Crippen LogP contribution in [-0.4, -0.2) is 13.0 Å². The van der Waals surface area contributed by atoms with Crippen molar-refractivity contribution in [3.05, 3.63) is 77.0 Å². The average molecular weight is 335 g/mol. The SMILES string of the molecule is COc1ccccc1CNC(C)=C(C#N)C(=O)NCc1ccccc1. The molecule has 0 atom stereocenters. The molecular weight excluding hydrogens is 314 g/mol. The molecular formula is C20H21N3O2. The van der Waals surface area contributed by atoms with E-state index in [4.69, 9.17) is 4.74 Å². The van der Waals surface area contributed by atoms with Crippen LogP contribution in [0.3, 0.4) is 0 Å². The Labute approximate surface area is 147 Å². The quantitative estimate of drug-likeness (QED) is 0.603. The Kier molecular flexibility index (Phi) is 6.61. The maximum Gasteiger partial charge on any atom is 0.263 e. The largest absolute Gasteiger partial charge is 0.496 e. The van der Waals surface area contributed by atoms with Crippen LogP contribution in [-0.2, 0) is 17.9 Å². The van der Waals surface area contributed by atoms with Gasteiger partial charge in [-0.3, -0.25) is 4.79 Å². The molecule has 0 saturated heterocycles. The van der Waals surface area contributed by atoms with E-state index in [1.807, 2.05) is 60.7 Å². The first-order chi connectivity index (χ1) is 12.2. The second-order valence-electron chi connectivity index (χ2n) is 5.45. The molecule has 128 valence electrons. The number of allylic oxidation sites excluding steroid dienone is 1. The summed E-state index contributed by atoms with van der Waals surface area (Å²) in [4.78, 5) is 12.3. The number of ether oxygens (including phenoxy) is 1. The van der Waals surface area contributed by atoms with Gasteiger partial charge in [0.05, 0.1) is 7.11 Å². The molecule has 0 unspecified atom stereocenters. The molecule has 0 aliphatic rings. The number of carbonyl (C=O) groups excluding carboxylic acids is 1. The summed E-state index contributed by atoms with van der Waals surface area (Å²) in [5, 5.41) is 15.2. The predicted molar refractivity (Wildman–Crippen MR) is 96.4 cm³/mol. The van der Waals surface area contributed by atoms with Gasteiger partial charge in [-0.15, -0.1) is 0 Å². The zero-order chi connectivity index (χ0) is 18.1. The molecule has 0 fully saturated rings. The van der Waals surface area contributed by atoms with E-state index in [9.17, 15) is 10.1 Å². The van der Waals surface area contributed by atoms with Gasteiger partial charge in [0.1, 0.15) is 17.4 Å². The summed E-state index contributed by atoms with van der Waals surface area (Å²) >= 11 is 0. The Hall–Kier alpha value is -3.26. The number of methoxy groups -OCH3 is 1. The van der Waals surface area contributed by atoms with E-state index in [0.717, 1.165) is 16.9 Å². The van der Waals surface area contributed by atoms with Gasteiger partial charge < -0.3 is 15.4 Å². The fourth-order valence-corrected chi connectivity index (χ4v) is 2.34. The van der Waals surface area contributed by atoms with Crippen LogP contribution in [0, 0.1) is 11.3 Å². The first-order valence-electron chi connectivity index (χ1n) is 7.94. The third kappa shape index (κ3) is 5.11. The molecule has 0 aliphatic carbocycles. The minimum atomic E-state index is -0.392. The van der Waals surface area contributed by atoms with Crippen LogP contribution in [0.5, 0.6) is 5.75 Å². The first kappa shape index (κ1) is 18.1. The molecule has 5 heteroatoms. The van der Waals surface area contributed by atoms with Crippen molar-refractivity contribution in [1.29, 1.82) is 5.26 Å². The molecule has 0 spiro atoms. The van der Waals surface area contributed by atoms with Gasteiger partial charge in [-0.05, 0) is 18.6 Å². The number of para-hydroxylation sites is 1. The molecule has 0 bridgehead atoms. The zero-order valence-corrected chi connectivity index (χ0v) is 14.4. The maximum absolute atomic E-state index is 12.3. The lowest BCUT2D eigenvalue weighted by atomic mass is 10.1. The van der Waals surface area contributed by atoms with Crippen LogP contribution in [0.4, 0.5) is 0 Å². The van der Waals surface area contributed by atoms with E-state index in [2.05, 4.69) is 10.6 Å². The summed E-state index contributed by atoms with van der Waals surface area (Å²) in [5.41, 5.74) is 2.53. The van der Waals surface area contributed by atoms with E-state index in [-0.39, 0.29) is 5.57 Å². The number of nitriles is 1. The van der Waals surface area contributed by atoms with Crippen molar-refractivity contribution in [3.8, 4) is 11.8 Å². The molecule has 0 heterocycles. The Morgan fingerprint density at radius 1 is 1.04 bits per heavy atom. The molecule has 2 rings (SSSR count). The predicted octanol–water partition coefficient (Wildman–Crippen LogP) is 2.90. The summed E-state index contributed by atoms with van der Waals surface area (Å²) in [5.74, 6) is 0.367. The minimum Gasteiger partial charge on any atom is -0.496 e. The van der Waals surface area contributed by atoms with E-state index >= 15 is 0 Å². The van der Waals surface area contributed by atoms with Gasteiger partial charge in [0.25, 0.3) is 5.91 Å².